The van der Waals surface area contributed by atoms with Gasteiger partial charge >= 0.3 is 0 Å². The largest absolute Gasteiger partial charge is 0.497 e. The average molecular weight is 292 g/mol. The molecule has 0 aliphatic carbocycles. The number of amides is 1. The molecule has 0 saturated carbocycles. The summed E-state index contributed by atoms with van der Waals surface area (Å²) in [6, 6.07) is 7.63. The Hall–Kier alpha value is -1.75. The number of nitrogens with one attached hydrogen (secondary N) is 2. The second-order valence-corrected chi connectivity index (χ2v) is 5.42. The molecule has 5 heteroatoms. The summed E-state index contributed by atoms with van der Waals surface area (Å²) in [4.78, 5) is 11.9. The zero-order valence-corrected chi connectivity index (χ0v) is 12.7. The fourth-order valence-electron chi connectivity index (χ4n) is 2.44. The van der Waals surface area contributed by atoms with Crippen molar-refractivity contribution in [2.75, 3.05) is 26.8 Å². The van der Waals surface area contributed by atoms with Gasteiger partial charge in [-0.05, 0) is 49.7 Å². The van der Waals surface area contributed by atoms with E-state index in [9.17, 15) is 4.79 Å². The lowest BCUT2D eigenvalue weighted by Crippen LogP contribution is -2.48. The van der Waals surface area contributed by atoms with Crippen molar-refractivity contribution in [2.45, 2.75) is 25.8 Å². The maximum absolute atomic E-state index is 11.9. The van der Waals surface area contributed by atoms with Crippen LogP contribution in [0, 0.1) is 5.92 Å². The molecule has 1 aromatic rings. The molecule has 1 aliphatic rings. The molecule has 2 unspecified atom stereocenters. The van der Waals surface area contributed by atoms with Crippen LogP contribution in [0.15, 0.2) is 24.3 Å². The molecule has 2 N–H and O–H groups in total. The van der Waals surface area contributed by atoms with Gasteiger partial charge in [-0.1, -0.05) is 6.92 Å². The maximum Gasteiger partial charge on any atom is 0.223 e. The first-order chi connectivity index (χ1) is 10.2. The average Bonchev–Trinajstić information content (AvgIpc) is 2.50. The minimum atomic E-state index is 0.0576. The topological polar surface area (TPSA) is 59.6 Å². The predicted octanol–water partition coefficient (Wildman–Crippen LogP) is 1.58. The Labute approximate surface area is 126 Å². The summed E-state index contributed by atoms with van der Waals surface area (Å²) in [6.45, 7) is 4.48. The summed E-state index contributed by atoms with van der Waals surface area (Å²) < 4.78 is 10.6. The van der Waals surface area contributed by atoms with E-state index in [1.165, 1.54) is 0 Å². The lowest BCUT2D eigenvalue weighted by atomic mass is 9.95. The number of carbonyl (C=O) groups is 1. The van der Waals surface area contributed by atoms with Crippen LogP contribution in [-0.2, 0) is 4.79 Å². The van der Waals surface area contributed by atoms with E-state index in [4.69, 9.17) is 9.47 Å². The molecule has 0 radical (unpaired) electrons. The first kappa shape index (κ1) is 15.6. The van der Waals surface area contributed by atoms with Crippen molar-refractivity contribution >= 4 is 5.91 Å². The molecule has 1 aromatic carbocycles. The van der Waals surface area contributed by atoms with Crippen molar-refractivity contribution in [3.63, 3.8) is 0 Å². The van der Waals surface area contributed by atoms with Crippen LogP contribution in [0.25, 0.3) is 0 Å². The number of ether oxygens (including phenoxy) is 2. The lowest BCUT2D eigenvalue weighted by Gasteiger charge is -2.30. The number of hydrogen-bond donors (Lipinski definition) is 2. The third kappa shape index (κ3) is 4.93. The van der Waals surface area contributed by atoms with E-state index in [1.54, 1.807) is 7.11 Å². The Balaban J connectivity index is 1.68. The number of piperidine rings is 1. The van der Waals surface area contributed by atoms with Crippen LogP contribution in [0.4, 0.5) is 0 Å². The van der Waals surface area contributed by atoms with Gasteiger partial charge in [0.05, 0.1) is 20.1 Å². The van der Waals surface area contributed by atoms with E-state index in [1.807, 2.05) is 24.3 Å². The van der Waals surface area contributed by atoms with E-state index < -0.39 is 0 Å². The summed E-state index contributed by atoms with van der Waals surface area (Å²) in [5.41, 5.74) is 0. The summed E-state index contributed by atoms with van der Waals surface area (Å²) in [5, 5.41) is 6.42. The third-order valence-electron chi connectivity index (χ3n) is 3.79. The quantitative estimate of drug-likeness (QED) is 0.836. The lowest BCUT2D eigenvalue weighted by molar-refractivity contribution is -0.122. The third-order valence-corrected chi connectivity index (χ3v) is 3.79. The molecule has 1 amide bonds. The van der Waals surface area contributed by atoms with Gasteiger partial charge in [0.2, 0.25) is 5.91 Å². The number of benzene rings is 1. The van der Waals surface area contributed by atoms with E-state index in [2.05, 4.69) is 17.6 Å². The van der Waals surface area contributed by atoms with Crippen molar-refractivity contribution < 1.29 is 14.3 Å². The van der Waals surface area contributed by atoms with Crippen LogP contribution in [0.1, 0.15) is 19.8 Å². The van der Waals surface area contributed by atoms with Crippen LogP contribution in [-0.4, -0.2) is 38.8 Å². The highest BCUT2D eigenvalue weighted by Gasteiger charge is 2.22. The molecule has 1 saturated heterocycles. The van der Waals surface area contributed by atoms with E-state index >= 15 is 0 Å². The molecule has 0 bridgehead atoms. The van der Waals surface area contributed by atoms with Gasteiger partial charge in [0.25, 0.3) is 0 Å². The van der Waals surface area contributed by atoms with Gasteiger partial charge in [-0.3, -0.25) is 4.79 Å². The van der Waals surface area contributed by atoms with Gasteiger partial charge in [-0.15, -0.1) is 0 Å². The summed E-state index contributed by atoms with van der Waals surface area (Å²) in [5.74, 6) is 2.08. The highest BCUT2D eigenvalue weighted by molar-refractivity contribution is 5.76. The summed E-state index contributed by atoms with van der Waals surface area (Å²) in [6.07, 6.45) is 1.37. The van der Waals surface area contributed by atoms with E-state index in [-0.39, 0.29) is 11.9 Å². The van der Waals surface area contributed by atoms with Gasteiger partial charge in [0, 0.05) is 6.04 Å². The first-order valence-corrected chi connectivity index (χ1v) is 7.46. The van der Waals surface area contributed by atoms with Crippen LogP contribution in [0.2, 0.25) is 0 Å². The molecular formula is C16H24N2O3. The number of carbonyl (C=O) groups excluding carboxylic acids is 1. The fraction of sp³-hybridized carbons (Fsp3) is 0.562. The van der Waals surface area contributed by atoms with Crippen LogP contribution in [0.5, 0.6) is 11.5 Å². The van der Waals surface area contributed by atoms with Gasteiger partial charge in [-0.25, -0.2) is 0 Å². The standard InChI is InChI=1S/C16H24N2O3/c1-12-11-17-9-7-15(12)18-16(19)8-10-21-14-5-3-13(20-2)4-6-14/h3-6,12,15,17H,7-11H2,1-2H3,(H,18,19). The zero-order chi connectivity index (χ0) is 15.1. The molecule has 21 heavy (non-hydrogen) atoms. The normalized spacial score (nSPS) is 21.6. The first-order valence-electron chi connectivity index (χ1n) is 7.46. The number of rotatable bonds is 6. The van der Waals surface area contributed by atoms with Crippen molar-refractivity contribution in [3.8, 4) is 11.5 Å². The predicted molar refractivity (Wildman–Crippen MR) is 81.7 cm³/mol. The molecule has 0 spiro atoms. The van der Waals surface area contributed by atoms with Crippen LogP contribution in [0.3, 0.4) is 0 Å². The Morgan fingerprint density at radius 1 is 1.33 bits per heavy atom. The Morgan fingerprint density at radius 2 is 2.05 bits per heavy atom. The molecule has 2 atom stereocenters. The second-order valence-electron chi connectivity index (χ2n) is 5.42. The van der Waals surface area contributed by atoms with Crippen molar-refractivity contribution in [2.24, 2.45) is 5.92 Å². The minimum Gasteiger partial charge on any atom is -0.497 e. The van der Waals surface area contributed by atoms with Crippen LogP contribution >= 0.6 is 0 Å². The fourth-order valence-corrected chi connectivity index (χ4v) is 2.44. The molecule has 116 valence electrons. The van der Waals surface area contributed by atoms with E-state index in [0.717, 1.165) is 31.0 Å². The maximum atomic E-state index is 11.9. The van der Waals surface area contributed by atoms with Gasteiger partial charge < -0.3 is 20.1 Å². The molecule has 5 nitrogen and oxygen atoms in total. The van der Waals surface area contributed by atoms with Crippen molar-refractivity contribution in [1.82, 2.24) is 10.6 Å². The monoisotopic (exact) mass is 292 g/mol. The number of hydrogen-bond acceptors (Lipinski definition) is 4. The van der Waals surface area contributed by atoms with E-state index in [0.29, 0.717) is 18.9 Å². The molecule has 0 aromatic heterocycles. The smallest absolute Gasteiger partial charge is 0.223 e. The van der Waals surface area contributed by atoms with Crippen molar-refractivity contribution in [1.29, 1.82) is 0 Å². The Kier molecular flexibility index (Phi) is 5.87. The Morgan fingerprint density at radius 3 is 2.71 bits per heavy atom. The number of methoxy groups -OCH3 is 1. The molecular weight excluding hydrogens is 268 g/mol. The van der Waals surface area contributed by atoms with Gasteiger partial charge in [0.15, 0.2) is 0 Å². The summed E-state index contributed by atoms with van der Waals surface area (Å²) >= 11 is 0. The Bertz CT molecular complexity index is 447. The van der Waals surface area contributed by atoms with Gasteiger partial charge in [0.1, 0.15) is 11.5 Å². The molecule has 2 rings (SSSR count). The molecule has 1 heterocycles. The highest BCUT2D eigenvalue weighted by Crippen LogP contribution is 2.17. The molecule has 1 fully saturated rings. The SMILES string of the molecule is COc1ccc(OCCC(=O)NC2CCNCC2C)cc1. The summed E-state index contributed by atoms with van der Waals surface area (Å²) in [7, 11) is 1.63. The van der Waals surface area contributed by atoms with Crippen LogP contribution < -0.4 is 20.1 Å². The van der Waals surface area contributed by atoms with Gasteiger partial charge in [-0.2, -0.15) is 0 Å². The van der Waals surface area contributed by atoms with Crippen molar-refractivity contribution in [3.05, 3.63) is 24.3 Å². The highest BCUT2D eigenvalue weighted by atomic mass is 16.5. The zero-order valence-electron chi connectivity index (χ0n) is 12.7. The molecule has 1 aliphatic heterocycles. The minimum absolute atomic E-state index is 0.0576. The second kappa shape index (κ2) is 7.88.